The van der Waals surface area contributed by atoms with Crippen molar-refractivity contribution in [3.05, 3.63) is 63.4 Å². The molecule has 1 unspecified atom stereocenters. The Labute approximate surface area is 121 Å². The van der Waals surface area contributed by atoms with E-state index in [1.165, 1.54) is 23.3 Å². The van der Waals surface area contributed by atoms with Gasteiger partial charge in [0.05, 0.1) is 0 Å². The third-order valence-electron chi connectivity index (χ3n) is 3.33. The molecule has 0 saturated heterocycles. The number of fused-ring (bicyclic) bond motifs is 1. The molecule has 0 heterocycles. The summed E-state index contributed by atoms with van der Waals surface area (Å²) in [4.78, 5) is 0. The molecule has 4 heteroatoms. The first kappa shape index (κ1) is 12.8. The first-order valence-electron chi connectivity index (χ1n) is 6.10. The Bertz CT molecular complexity index is 607. The molecule has 0 bridgehead atoms. The Morgan fingerprint density at radius 2 is 1.74 bits per heavy atom. The van der Waals surface area contributed by atoms with Crippen molar-refractivity contribution in [1.82, 2.24) is 0 Å². The molecule has 0 radical (unpaired) electrons. The predicted octanol–water partition coefficient (Wildman–Crippen LogP) is 4.71. The largest absolute Gasteiger partial charge is 0.382 e. The van der Waals surface area contributed by atoms with Crippen LogP contribution in [-0.4, -0.2) is 6.04 Å². The van der Waals surface area contributed by atoms with E-state index < -0.39 is 0 Å². The predicted molar refractivity (Wildman–Crippen MR) is 77.7 cm³/mol. The molecule has 0 aliphatic heterocycles. The second-order valence-electron chi connectivity index (χ2n) is 4.82. The first-order valence-corrected chi connectivity index (χ1v) is 6.86. The highest BCUT2D eigenvalue weighted by Gasteiger charge is 2.21. The van der Waals surface area contributed by atoms with E-state index >= 15 is 0 Å². The van der Waals surface area contributed by atoms with E-state index in [9.17, 15) is 4.39 Å². The minimum atomic E-state index is -0.325. The minimum absolute atomic E-state index is 0.256. The molecule has 1 N–H and O–H groups in total. The highest BCUT2D eigenvalue weighted by atomic mass is 35.5. The Kier molecular flexibility index (Phi) is 3.38. The Morgan fingerprint density at radius 3 is 2.53 bits per heavy atom. The molecule has 0 fully saturated rings. The van der Waals surface area contributed by atoms with Crippen LogP contribution >= 0.6 is 23.2 Å². The van der Waals surface area contributed by atoms with Gasteiger partial charge in [0.25, 0.3) is 0 Å². The number of hydrogen-bond acceptors (Lipinski definition) is 1. The molecule has 0 aromatic heterocycles. The molecule has 1 aliphatic rings. The van der Waals surface area contributed by atoms with Crippen LogP contribution in [0.1, 0.15) is 11.1 Å². The highest BCUT2D eigenvalue weighted by molar-refractivity contribution is 6.31. The van der Waals surface area contributed by atoms with Crippen molar-refractivity contribution < 1.29 is 4.39 Å². The monoisotopic (exact) mass is 295 g/mol. The lowest BCUT2D eigenvalue weighted by Crippen LogP contribution is -2.19. The number of halogens is 3. The summed E-state index contributed by atoms with van der Waals surface area (Å²) in [7, 11) is 0. The van der Waals surface area contributed by atoms with Gasteiger partial charge < -0.3 is 5.32 Å². The van der Waals surface area contributed by atoms with Gasteiger partial charge in [0.15, 0.2) is 0 Å². The third-order valence-corrected chi connectivity index (χ3v) is 3.79. The first-order chi connectivity index (χ1) is 9.10. The Balaban J connectivity index is 1.76. The number of hydrogen-bond donors (Lipinski definition) is 1. The van der Waals surface area contributed by atoms with Crippen LogP contribution < -0.4 is 5.32 Å². The van der Waals surface area contributed by atoms with Crippen LogP contribution in [0.25, 0.3) is 0 Å². The number of nitrogens with one attached hydrogen (secondary N) is 1. The summed E-state index contributed by atoms with van der Waals surface area (Å²) in [6.45, 7) is 0. The molecule has 2 aromatic rings. The van der Waals surface area contributed by atoms with Gasteiger partial charge in [-0.1, -0.05) is 29.3 Å². The van der Waals surface area contributed by atoms with E-state index in [-0.39, 0.29) is 11.9 Å². The quantitative estimate of drug-likeness (QED) is 0.846. The summed E-state index contributed by atoms with van der Waals surface area (Å²) in [5, 5.41) is 4.48. The van der Waals surface area contributed by atoms with Gasteiger partial charge in [0, 0.05) is 21.8 Å². The summed E-state index contributed by atoms with van der Waals surface area (Å²) < 4.78 is 13.3. The summed E-state index contributed by atoms with van der Waals surface area (Å²) in [6, 6.07) is 10.7. The Hall–Kier alpha value is -1.25. The topological polar surface area (TPSA) is 12.0 Å². The zero-order chi connectivity index (χ0) is 13.4. The van der Waals surface area contributed by atoms with Crippen LogP contribution in [0, 0.1) is 5.82 Å². The van der Waals surface area contributed by atoms with Crippen molar-refractivity contribution in [2.24, 2.45) is 0 Å². The summed E-state index contributed by atoms with van der Waals surface area (Å²) >= 11 is 11.8. The van der Waals surface area contributed by atoms with Crippen molar-refractivity contribution in [2.45, 2.75) is 18.9 Å². The second kappa shape index (κ2) is 5.03. The molecule has 0 saturated carbocycles. The van der Waals surface area contributed by atoms with E-state index in [1.54, 1.807) is 6.07 Å². The summed E-state index contributed by atoms with van der Waals surface area (Å²) in [5.74, 6) is -0.325. The molecule has 2 aromatic carbocycles. The van der Waals surface area contributed by atoms with Crippen LogP contribution in [0.15, 0.2) is 36.4 Å². The Morgan fingerprint density at radius 1 is 0.947 bits per heavy atom. The van der Waals surface area contributed by atoms with Crippen LogP contribution in [-0.2, 0) is 12.8 Å². The lowest BCUT2D eigenvalue weighted by Gasteiger charge is -2.13. The number of anilines is 1. The maximum atomic E-state index is 13.3. The van der Waals surface area contributed by atoms with E-state index in [2.05, 4.69) is 11.4 Å². The van der Waals surface area contributed by atoms with Gasteiger partial charge >= 0.3 is 0 Å². The fourth-order valence-electron chi connectivity index (χ4n) is 2.56. The van der Waals surface area contributed by atoms with Gasteiger partial charge in [-0.3, -0.25) is 0 Å². The molecule has 1 atom stereocenters. The molecule has 0 amide bonds. The highest BCUT2D eigenvalue weighted by Crippen LogP contribution is 2.28. The second-order valence-corrected chi connectivity index (χ2v) is 5.69. The van der Waals surface area contributed by atoms with Crippen LogP contribution in [0.3, 0.4) is 0 Å². The third kappa shape index (κ3) is 2.85. The van der Waals surface area contributed by atoms with Crippen molar-refractivity contribution in [3.63, 3.8) is 0 Å². The summed E-state index contributed by atoms with van der Waals surface area (Å²) in [5.41, 5.74) is 3.27. The standard InChI is InChI=1S/C15H12Cl2FN/c16-11-2-1-9-4-14(5-10(9)3-11)19-15-7-12(17)6-13(18)8-15/h1-3,6-8,14,19H,4-5H2. The van der Waals surface area contributed by atoms with Gasteiger partial charge in [-0.05, 0) is 54.3 Å². The molecule has 3 rings (SSSR count). The van der Waals surface area contributed by atoms with Gasteiger partial charge in [-0.25, -0.2) is 4.39 Å². The van der Waals surface area contributed by atoms with Crippen molar-refractivity contribution >= 4 is 28.9 Å². The lowest BCUT2D eigenvalue weighted by atomic mass is 10.1. The fourth-order valence-corrected chi connectivity index (χ4v) is 2.98. The van der Waals surface area contributed by atoms with E-state index in [1.807, 2.05) is 12.1 Å². The SMILES string of the molecule is Fc1cc(Cl)cc(NC2Cc3ccc(Cl)cc3C2)c1. The molecule has 19 heavy (non-hydrogen) atoms. The van der Waals surface area contributed by atoms with Gasteiger partial charge in [0.2, 0.25) is 0 Å². The number of benzene rings is 2. The fraction of sp³-hybridized carbons (Fsp3) is 0.200. The summed E-state index contributed by atoms with van der Waals surface area (Å²) in [6.07, 6.45) is 1.81. The molecule has 1 nitrogen and oxygen atoms in total. The van der Waals surface area contributed by atoms with Crippen LogP contribution in [0.2, 0.25) is 10.0 Å². The zero-order valence-corrected chi connectivity index (χ0v) is 11.6. The lowest BCUT2D eigenvalue weighted by molar-refractivity contribution is 0.627. The molecule has 0 spiro atoms. The van der Waals surface area contributed by atoms with E-state index in [0.29, 0.717) is 10.7 Å². The van der Waals surface area contributed by atoms with Crippen molar-refractivity contribution in [1.29, 1.82) is 0 Å². The average molecular weight is 296 g/mol. The van der Waals surface area contributed by atoms with Crippen molar-refractivity contribution in [2.75, 3.05) is 5.32 Å². The maximum absolute atomic E-state index is 13.3. The van der Waals surface area contributed by atoms with Gasteiger partial charge in [-0.15, -0.1) is 0 Å². The van der Waals surface area contributed by atoms with Crippen molar-refractivity contribution in [3.8, 4) is 0 Å². The van der Waals surface area contributed by atoms with E-state index in [4.69, 9.17) is 23.2 Å². The molecule has 98 valence electrons. The zero-order valence-electron chi connectivity index (χ0n) is 10.1. The van der Waals surface area contributed by atoms with Gasteiger partial charge in [-0.2, -0.15) is 0 Å². The maximum Gasteiger partial charge on any atom is 0.126 e. The molecular formula is C15H12Cl2FN. The minimum Gasteiger partial charge on any atom is -0.382 e. The number of rotatable bonds is 2. The molecular weight excluding hydrogens is 284 g/mol. The average Bonchev–Trinajstić information content (AvgIpc) is 2.68. The normalized spacial score (nSPS) is 17.3. The van der Waals surface area contributed by atoms with Crippen LogP contribution in [0.5, 0.6) is 0 Å². The van der Waals surface area contributed by atoms with Gasteiger partial charge in [0.1, 0.15) is 5.82 Å². The van der Waals surface area contributed by atoms with E-state index in [0.717, 1.165) is 17.9 Å². The smallest absolute Gasteiger partial charge is 0.126 e. The molecule has 1 aliphatic carbocycles. The van der Waals surface area contributed by atoms with Crippen LogP contribution in [0.4, 0.5) is 10.1 Å².